The number of rotatable bonds is 1. The lowest BCUT2D eigenvalue weighted by molar-refractivity contribution is -0.144. The van der Waals surface area contributed by atoms with Crippen molar-refractivity contribution in [2.75, 3.05) is 26.2 Å². The van der Waals surface area contributed by atoms with Gasteiger partial charge in [-0.05, 0) is 31.1 Å². The lowest BCUT2D eigenvalue weighted by Crippen LogP contribution is -2.60. The van der Waals surface area contributed by atoms with Gasteiger partial charge in [-0.15, -0.1) is 0 Å². The number of piperidine rings is 3. The Morgan fingerprint density at radius 1 is 1.35 bits per heavy atom. The summed E-state index contributed by atoms with van der Waals surface area (Å²) in [5, 5.41) is 8.80. The van der Waals surface area contributed by atoms with E-state index < -0.39 is 0 Å². The quantitative estimate of drug-likeness (QED) is 0.631. The number of fused-ring (bicyclic) bond motifs is 4. The van der Waals surface area contributed by atoms with Crippen molar-refractivity contribution >= 4 is 5.91 Å². The number of amides is 1. The second-order valence-electron chi connectivity index (χ2n) is 5.72. The van der Waals surface area contributed by atoms with Gasteiger partial charge in [0, 0.05) is 32.1 Å². The van der Waals surface area contributed by atoms with E-state index in [1.54, 1.807) is 0 Å². The summed E-state index contributed by atoms with van der Waals surface area (Å²) in [6.45, 7) is 3.49. The van der Waals surface area contributed by atoms with E-state index >= 15 is 0 Å². The normalized spacial score (nSPS) is 37.5. The largest absolute Gasteiger partial charge is 0.339 e. The number of hydrogen-bond acceptors (Lipinski definition) is 3. The van der Waals surface area contributed by atoms with Gasteiger partial charge in [0.1, 0.15) is 0 Å². The van der Waals surface area contributed by atoms with Crippen LogP contribution in [0.2, 0.25) is 0 Å². The van der Waals surface area contributed by atoms with E-state index in [0.717, 1.165) is 32.5 Å². The van der Waals surface area contributed by atoms with E-state index in [4.69, 9.17) is 5.26 Å². The van der Waals surface area contributed by atoms with Gasteiger partial charge in [-0.1, -0.05) is 0 Å². The van der Waals surface area contributed by atoms with Gasteiger partial charge in [0.25, 0.3) is 0 Å². The zero-order chi connectivity index (χ0) is 11.8. The second-order valence-corrected chi connectivity index (χ2v) is 5.72. The van der Waals surface area contributed by atoms with Crippen LogP contribution in [0, 0.1) is 23.2 Å². The van der Waals surface area contributed by atoms with Crippen molar-refractivity contribution < 1.29 is 4.79 Å². The first kappa shape index (κ1) is 11.0. The fraction of sp³-hybridized carbons (Fsp3) is 0.846. The minimum Gasteiger partial charge on any atom is -0.339 e. The van der Waals surface area contributed by atoms with Gasteiger partial charge >= 0.3 is 0 Å². The number of nitrogens with zero attached hydrogens (tertiary/aromatic N) is 3. The molecule has 3 saturated heterocycles. The van der Waals surface area contributed by atoms with Crippen molar-refractivity contribution in [3.63, 3.8) is 0 Å². The average molecular weight is 233 g/mol. The van der Waals surface area contributed by atoms with Crippen molar-refractivity contribution in [1.82, 2.24) is 9.80 Å². The van der Waals surface area contributed by atoms with Crippen molar-refractivity contribution in [3.05, 3.63) is 0 Å². The number of nitriles is 1. The van der Waals surface area contributed by atoms with Gasteiger partial charge in [0.05, 0.1) is 12.6 Å². The summed E-state index contributed by atoms with van der Waals surface area (Å²) >= 11 is 0. The van der Waals surface area contributed by atoms with E-state index in [9.17, 15) is 4.79 Å². The summed E-state index contributed by atoms with van der Waals surface area (Å²) in [6.07, 6.45) is 4.23. The molecule has 3 atom stereocenters. The molecule has 2 bridgehead atoms. The molecule has 0 aromatic rings. The Bertz CT molecular complexity index is 362. The highest BCUT2D eigenvalue weighted by molar-refractivity contribution is 5.77. The Morgan fingerprint density at radius 3 is 3.06 bits per heavy atom. The zero-order valence-electron chi connectivity index (χ0n) is 10.1. The molecule has 4 heteroatoms. The Balaban J connectivity index is 1.75. The van der Waals surface area contributed by atoms with Crippen molar-refractivity contribution in [2.24, 2.45) is 11.8 Å². The highest BCUT2D eigenvalue weighted by atomic mass is 16.2. The fourth-order valence-corrected chi connectivity index (χ4v) is 3.94. The van der Waals surface area contributed by atoms with Crippen LogP contribution in [-0.2, 0) is 4.79 Å². The van der Waals surface area contributed by atoms with Gasteiger partial charge in [-0.3, -0.25) is 9.69 Å². The highest BCUT2D eigenvalue weighted by Crippen LogP contribution is 2.37. The molecule has 0 aromatic carbocycles. The predicted octanol–water partition coefficient (Wildman–Crippen LogP) is 0.843. The topological polar surface area (TPSA) is 47.3 Å². The van der Waals surface area contributed by atoms with Crippen LogP contribution >= 0.6 is 0 Å². The van der Waals surface area contributed by atoms with Crippen molar-refractivity contribution in [3.8, 4) is 6.07 Å². The Hall–Kier alpha value is -1.08. The summed E-state index contributed by atoms with van der Waals surface area (Å²) in [6, 6.07) is 2.72. The maximum Gasteiger partial charge on any atom is 0.222 e. The third-order valence-corrected chi connectivity index (χ3v) is 4.55. The summed E-state index contributed by atoms with van der Waals surface area (Å²) in [4.78, 5) is 16.3. The maximum absolute atomic E-state index is 11.9. The number of likely N-dealkylation sites (tertiary alicyclic amines) is 1. The molecule has 0 spiro atoms. The van der Waals surface area contributed by atoms with Gasteiger partial charge < -0.3 is 4.90 Å². The Kier molecular flexibility index (Phi) is 2.79. The first-order valence-corrected chi connectivity index (χ1v) is 6.66. The molecule has 1 amide bonds. The van der Waals surface area contributed by atoms with Crippen LogP contribution < -0.4 is 0 Å². The van der Waals surface area contributed by atoms with Crippen LogP contribution in [-0.4, -0.2) is 47.9 Å². The van der Waals surface area contributed by atoms with E-state index in [2.05, 4.69) is 15.9 Å². The molecule has 0 aliphatic carbocycles. The molecule has 0 unspecified atom stereocenters. The van der Waals surface area contributed by atoms with Gasteiger partial charge in [-0.25, -0.2) is 0 Å². The summed E-state index contributed by atoms with van der Waals surface area (Å²) in [7, 11) is 0. The fourth-order valence-electron chi connectivity index (χ4n) is 3.94. The molecule has 3 rings (SSSR count). The first-order valence-electron chi connectivity index (χ1n) is 6.66. The molecule has 3 heterocycles. The molecule has 0 aromatic heterocycles. The maximum atomic E-state index is 11.9. The molecule has 3 aliphatic heterocycles. The van der Waals surface area contributed by atoms with E-state index in [-0.39, 0.29) is 0 Å². The van der Waals surface area contributed by atoms with Gasteiger partial charge in [0.2, 0.25) is 5.91 Å². The molecule has 0 saturated carbocycles. The highest BCUT2D eigenvalue weighted by Gasteiger charge is 2.43. The Labute approximate surface area is 102 Å². The van der Waals surface area contributed by atoms with Crippen LogP contribution in [0.1, 0.15) is 25.7 Å². The summed E-state index contributed by atoms with van der Waals surface area (Å²) in [5.41, 5.74) is 0. The summed E-state index contributed by atoms with van der Waals surface area (Å²) < 4.78 is 0. The molecule has 3 fully saturated rings. The lowest BCUT2D eigenvalue weighted by Gasteiger charge is -2.52. The summed E-state index contributed by atoms with van der Waals surface area (Å²) in [5.74, 6) is 1.57. The van der Waals surface area contributed by atoms with E-state index in [1.807, 2.05) is 0 Å². The van der Waals surface area contributed by atoms with Gasteiger partial charge in [0.15, 0.2) is 0 Å². The van der Waals surface area contributed by atoms with Crippen molar-refractivity contribution in [1.29, 1.82) is 5.26 Å². The third-order valence-electron chi connectivity index (χ3n) is 4.55. The standard InChI is InChI=1S/C13H19N3O/c14-4-5-15-7-10-6-11(9-15)12-2-1-3-13(17)16(12)8-10/h10-12H,1-3,5-9H2/t10-,11+,12-/m0/s1. The number of carbonyl (C=O) groups excluding carboxylic acids is 1. The SMILES string of the molecule is N#CCN1C[C@@H]2C[C@H](C1)[C@@H]1CCCC(=O)N1C2. The van der Waals surface area contributed by atoms with Crippen LogP contribution in [0.5, 0.6) is 0 Å². The van der Waals surface area contributed by atoms with Crippen LogP contribution in [0.25, 0.3) is 0 Å². The average Bonchev–Trinajstić information content (AvgIpc) is 2.31. The number of hydrogen-bond donors (Lipinski definition) is 0. The number of carbonyl (C=O) groups is 1. The molecule has 3 aliphatic rings. The second kappa shape index (κ2) is 4.30. The monoisotopic (exact) mass is 233 g/mol. The molecule has 0 N–H and O–H groups in total. The molecule has 0 radical (unpaired) electrons. The molecule has 17 heavy (non-hydrogen) atoms. The minimum absolute atomic E-state index is 0.365. The van der Waals surface area contributed by atoms with Crippen LogP contribution in [0.4, 0.5) is 0 Å². The van der Waals surface area contributed by atoms with E-state index in [0.29, 0.717) is 30.3 Å². The molecule has 4 nitrogen and oxygen atoms in total. The first-order chi connectivity index (χ1) is 8.28. The van der Waals surface area contributed by atoms with Crippen LogP contribution in [0.15, 0.2) is 0 Å². The zero-order valence-corrected chi connectivity index (χ0v) is 10.1. The van der Waals surface area contributed by atoms with Crippen molar-refractivity contribution in [2.45, 2.75) is 31.7 Å². The molecule has 92 valence electrons. The lowest BCUT2D eigenvalue weighted by atomic mass is 9.76. The molecular formula is C13H19N3O. The van der Waals surface area contributed by atoms with Crippen LogP contribution in [0.3, 0.4) is 0 Å². The Morgan fingerprint density at radius 2 is 2.24 bits per heavy atom. The smallest absolute Gasteiger partial charge is 0.222 e. The van der Waals surface area contributed by atoms with E-state index in [1.165, 1.54) is 12.8 Å². The van der Waals surface area contributed by atoms with Gasteiger partial charge in [-0.2, -0.15) is 5.26 Å². The predicted molar refractivity (Wildman–Crippen MR) is 63.0 cm³/mol. The molecular weight excluding hydrogens is 214 g/mol. The minimum atomic E-state index is 0.365. The third kappa shape index (κ3) is 1.93.